The molecule has 2 aromatic rings. The first kappa shape index (κ1) is 11.6. The summed E-state index contributed by atoms with van der Waals surface area (Å²) in [5.41, 5.74) is 0.238. The number of rotatable bonds is 4. The number of benzene rings is 1. The molecule has 2 rings (SSSR count). The number of imidazole rings is 1. The van der Waals surface area contributed by atoms with E-state index in [0.29, 0.717) is 11.6 Å². The van der Waals surface area contributed by atoms with Gasteiger partial charge < -0.3 is 14.8 Å². The van der Waals surface area contributed by atoms with Gasteiger partial charge in [-0.15, -0.1) is 0 Å². The Labute approximate surface area is 98.1 Å². The molecular weight excluding hydrogens is 223 g/mol. The molecule has 1 aromatic heterocycles. The van der Waals surface area contributed by atoms with Gasteiger partial charge in [0.1, 0.15) is 17.4 Å². The fourth-order valence-electron chi connectivity index (χ4n) is 1.61. The summed E-state index contributed by atoms with van der Waals surface area (Å²) in [5, 5.41) is 9.90. The number of aromatic nitrogens is 2. The van der Waals surface area contributed by atoms with Gasteiger partial charge in [-0.3, -0.25) is 0 Å². The average molecular weight is 236 g/mol. The van der Waals surface area contributed by atoms with Crippen LogP contribution in [0.3, 0.4) is 0 Å². The molecule has 0 radical (unpaired) electrons. The smallest absolute Gasteiger partial charge is 0.132 e. The fourth-order valence-corrected chi connectivity index (χ4v) is 1.61. The zero-order chi connectivity index (χ0) is 12.3. The van der Waals surface area contributed by atoms with Gasteiger partial charge in [-0.2, -0.15) is 0 Å². The monoisotopic (exact) mass is 236 g/mol. The summed E-state index contributed by atoms with van der Waals surface area (Å²) in [4.78, 5) is 6.84. The maximum atomic E-state index is 13.6. The highest BCUT2D eigenvalue weighted by Gasteiger charge is 2.15. The van der Waals surface area contributed by atoms with E-state index in [2.05, 4.69) is 9.97 Å². The largest absolute Gasteiger partial charge is 0.497 e. The lowest BCUT2D eigenvalue weighted by Gasteiger charge is -2.11. The van der Waals surface area contributed by atoms with Crippen LogP contribution in [0, 0.1) is 5.82 Å². The van der Waals surface area contributed by atoms with Crippen LogP contribution in [-0.2, 0) is 6.42 Å². The second-order valence-electron chi connectivity index (χ2n) is 3.64. The molecule has 0 bridgehead atoms. The number of aliphatic hydroxyl groups excluding tert-OH is 1. The first-order valence-electron chi connectivity index (χ1n) is 5.20. The molecule has 0 aliphatic heterocycles. The van der Waals surface area contributed by atoms with Gasteiger partial charge in [0.2, 0.25) is 0 Å². The predicted octanol–water partition coefficient (Wildman–Crippen LogP) is 1.83. The van der Waals surface area contributed by atoms with Crippen molar-refractivity contribution in [3.63, 3.8) is 0 Å². The number of H-pyrrole nitrogens is 1. The minimum absolute atomic E-state index is 0.238. The van der Waals surface area contributed by atoms with Crippen molar-refractivity contribution in [2.24, 2.45) is 0 Å². The molecule has 2 N–H and O–H groups in total. The Bertz CT molecular complexity index is 485. The Balaban J connectivity index is 2.16. The lowest BCUT2D eigenvalue weighted by atomic mass is 10.1. The van der Waals surface area contributed by atoms with Gasteiger partial charge in [0, 0.05) is 30.4 Å². The highest BCUT2D eigenvalue weighted by Crippen LogP contribution is 2.23. The van der Waals surface area contributed by atoms with E-state index in [4.69, 9.17) is 4.74 Å². The molecular formula is C12H13FN2O2. The van der Waals surface area contributed by atoms with E-state index in [-0.39, 0.29) is 12.0 Å². The number of methoxy groups -OCH3 is 1. The number of hydrogen-bond acceptors (Lipinski definition) is 3. The van der Waals surface area contributed by atoms with Crippen molar-refractivity contribution in [2.45, 2.75) is 12.5 Å². The van der Waals surface area contributed by atoms with E-state index in [1.165, 1.54) is 19.2 Å². The van der Waals surface area contributed by atoms with Crippen molar-refractivity contribution in [2.75, 3.05) is 7.11 Å². The van der Waals surface area contributed by atoms with Gasteiger partial charge in [-0.05, 0) is 12.1 Å². The van der Waals surface area contributed by atoms with E-state index in [0.717, 1.165) is 0 Å². The molecule has 1 atom stereocenters. The van der Waals surface area contributed by atoms with Crippen LogP contribution in [0.5, 0.6) is 5.75 Å². The summed E-state index contributed by atoms with van der Waals surface area (Å²) in [5.74, 6) is 0.563. The van der Waals surface area contributed by atoms with Gasteiger partial charge in [0.15, 0.2) is 0 Å². The molecule has 5 heteroatoms. The summed E-state index contributed by atoms with van der Waals surface area (Å²) in [6, 6.07) is 4.38. The van der Waals surface area contributed by atoms with Crippen molar-refractivity contribution in [1.29, 1.82) is 0 Å². The third-order valence-corrected chi connectivity index (χ3v) is 2.51. The van der Waals surface area contributed by atoms with Gasteiger partial charge in [0.05, 0.1) is 13.2 Å². The van der Waals surface area contributed by atoms with Gasteiger partial charge in [-0.25, -0.2) is 9.37 Å². The Hall–Kier alpha value is -1.88. The number of ether oxygens (including phenoxy) is 1. The summed E-state index contributed by atoms with van der Waals surface area (Å²) in [7, 11) is 1.47. The van der Waals surface area contributed by atoms with E-state index in [1.54, 1.807) is 18.5 Å². The average Bonchev–Trinajstić information content (AvgIpc) is 2.81. The first-order valence-corrected chi connectivity index (χ1v) is 5.20. The van der Waals surface area contributed by atoms with Crippen molar-refractivity contribution in [1.82, 2.24) is 9.97 Å². The molecule has 0 amide bonds. The van der Waals surface area contributed by atoms with Crippen LogP contribution in [0.15, 0.2) is 30.6 Å². The number of halogens is 1. The van der Waals surface area contributed by atoms with Gasteiger partial charge in [-0.1, -0.05) is 0 Å². The van der Waals surface area contributed by atoms with Crippen LogP contribution < -0.4 is 4.74 Å². The highest BCUT2D eigenvalue weighted by molar-refractivity contribution is 5.30. The van der Waals surface area contributed by atoms with Crippen LogP contribution in [-0.4, -0.2) is 22.2 Å². The Morgan fingerprint density at radius 2 is 2.35 bits per heavy atom. The van der Waals surface area contributed by atoms with E-state index in [9.17, 15) is 9.50 Å². The van der Waals surface area contributed by atoms with Crippen LogP contribution in [0.1, 0.15) is 17.5 Å². The first-order chi connectivity index (χ1) is 8.20. The lowest BCUT2D eigenvalue weighted by molar-refractivity contribution is 0.171. The molecule has 1 unspecified atom stereocenters. The molecule has 0 fully saturated rings. The zero-order valence-electron chi connectivity index (χ0n) is 9.35. The van der Waals surface area contributed by atoms with E-state index >= 15 is 0 Å². The van der Waals surface area contributed by atoms with Gasteiger partial charge >= 0.3 is 0 Å². The lowest BCUT2D eigenvalue weighted by Crippen LogP contribution is -2.05. The van der Waals surface area contributed by atoms with Crippen molar-refractivity contribution < 1.29 is 14.2 Å². The minimum atomic E-state index is -0.924. The third kappa shape index (κ3) is 2.62. The summed E-state index contributed by atoms with van der Waals surface area (Å²) < 4.78 is 18.5. The quantitative estimate of drug-likeness (QED) is 0.851. The Morgan fingerprint density at radius 3 is 2.94 bits per heavy atom. The Kier molecular flexibility index (Phi) is 3.39. The number of nitrogens with one attached hydrogen (secondary N) is 1. The third-order valence-electron chi connectivity index (χ3n) is 2.51. The molecule has 0 aliphatic rings. The standard InChI is InChI=1S/C12H13FN2O2/c1-17-8-2-3-9(10(13)6-8)11(16)7-12-14-4-5-15-12/h2-6,11,16H,7H2,1H3,(H,14,15). The van der Waals surface area contributed by atoms with Crippen LogP contribution in [0.4, 0.5) is 4.39 Å². The topological polar surface area (TPSA) is 58.1 Å². The minimum Gasteiger partial charge on any atom is -0.497 e. The van der Waals surface area contributed by atoms with E-state index < -0.39 is 11.9 Å². The predicted molar refractivity (Wildman–Crippen MR) is 60.2 cm³/mol. The second-order valence-corrected chi connectivity index (χ2v) is 3.64. The number of hydrogen-bond donors (Lipinski definition) is 2. The maximum absolute atomic E-state index is 13.6. The molecule has 17 heavy (non-hydrogen) atoms. The highest BCUT2D eigenvalue weighted by atomic mass is 19.1. The molecule has 4 nitrogen and oxygen atoms in total. The van der Waals surface area contributed by atoms with Crippen LogP contribution in [0.25, 0.3) is 0 Å². The van der Waals surface area contributed by atoms with Crippen LogP contribution >= 0.6 is 0 Å². The van der Waals surface area contributed by atoms with Crippen molar-refractivity contribution >= 4 is 0 Å². The summed E-state index contributed by atoms with van der Waals surface area (Å²) in [6.45, 7) is 0. The number of nitrogens with zero attached hydrogens (tertiary/aromatic N) is 1. The summed E-state index contributed by atoms with van der Waals surface area (Å²) >= 11 is 0. The fraction of sp³-hybridized carbons (Fsp3) is 0.250. The summed E-state index contributed by atoms with van der Waals surface area (Å²) in [6.07, 6.45) is 2.57. The molecule has 1 aromatic carbocycles. The van der Waals surface area contributed by atoms with Crippen LogP contribution in [0.2, 0.25) is 0 Å². The Morgan fingerprint density at radius 1 is 1.53 bits per heavy atom. The van der Waals surface area contributed by atoms with Crippen molar-refractivity contribution in [3.05, 3.63) is 47.8 Å². The number of aliphatic hydroxyl groups is 1. The zero-order valence-corrected chi connectivity index (χ0v) is 9.35. The molecule has 90 valence electrons. The molecule has 0 saturated carbocycles. The SMILES string of the molecule is COc1ccc(C(O)Cc2ncc[nH]2)c(F)c1. The second kappa shape index (κ2) is 4.97. The molecule has 0 spiro atoms. The maximum Gasteiger partial charge on any atom is 0.132 e. The molecule has 0 aliphatic carbocycles. The number of aromatic amines is 1. The van der Waals surface area contributed by atoms with E-state index in [1.807, 2.05) is 0 Å². The van der Waals surface area contributed by atoms with Crippen molar-refractivity contribution in [3.8, 4) is 5.75 Å². The normalized spacial score (nSPS) is 12.4. The molecule has 1 heterocycles. The molecule has 0 saturated heterocycles. The van der Waals surface area contributed by atoms with Gasteiger partial charge in [0.25, 0.3) is 0 Å².